The van der Waals surface area contributed by atoms with Crippen molar-refractivity contribution in [2.75, 3.05) is 7.11 Å². The Hall–Kier alpha value is -1.56. The highest BCUT2D eigenvalue weighted by molar-refractivity contribution is 5.75. The lowest BCUT2D eigenvalue weighted by Crippen LogP contribution is -2.47. The largest absolute Gasteiger partial charge is 0.378 e. The van der Waals surface area contributed by atoms with E-state index in [4.69, 9.17) is 15.9 Å². The van der Waals surface area contributed by atoms with Gasteiger partial charge in [-0.1, -0.05) is 0 Å². The number of nitrogens with one attached hydrogen (secondary N) is 1. The maximum atomic E-state index is 7.50. The topological polar surface area (TPSA) is 80.2 Å². The molecule has 0 amide bonds. The zero-order valence-corrected chi connectivity index (χ0v) is 9.60. The fourth-order valence-corrected chi connectivity index (χ4v) is 2.02. The van der Waals surface area contributed by atoms with Crippen molar-refractivity contribution in [2.24, 2.45) is 5.73 Å². The minimum atomic E-state index is 0.119. The van der Waals surface area contributed by atoms with Gasteiger partial charge in [0, 0.05) is 13.2 Å². The Morgan fingerprint density at radius 3 is 3.12 bits per heavy atom. The zero-order chi connectivity index (χ0) is 11.7. The summed E-state index contributed by atoms with van der Waals surface area (Å²) in [5, 5.41) is 11.9. The summed E-state index contributed by atoms with van der Waals surface area (Å²) < 4.78 is 7.02. The average Bonchev–Trinajstić information content (AvgIpc) is 2.58. The zero-order valence-electron chi connectivity index (χ0n) is 9.60. The molecule has 1 aliphatic rings. The van der Waals surface area contributed by atoms with E-state index in [2.05, 4.69) is 5.10 Å². The monoisotopic (exact) mass is 223 g/mol. The van der Waals surface area contributed by atoms with E-state index < -0.39 is 0 Å². The first kappa shape index (κ1) is 10.9. The summed E-state index contributed by atoms with van der Waals surface area (Å²) in [5.41, 5.74) is 7.54. The molecule has 16 heavy (non-hydrogen) atoms. The number of nitrogens with two attached hydrogens (primary N) is 1. The van der Waals surface area contributed by atoms with Gasteiger partial charge in [-0.2, -0.15) is 5.10 Å². The molecule has 0 unspecified atom stereocenters. The Labute approximate surface area is 94.5 Å². The Bertz CT molecular complexity index is 400. The van der Waals surface area contributed by atoms with Gasteiger partial charge in [0.25, 0.3) is 0 Å². The van der Waals surface area contributed by atoms with E-state index in [-0.39, 0.29) is 12.0 Å². The third-order valence-electron chi connectivity index (χ3n) is 2.82. The Morgan fingerprint density at radius 1 is 1.75 bits per heavy atom. The quantitative estimate of drug-likeness (QED) is 0.551. The summed E-state index contributed by atoms with van der Waals surface area (Å²) in [5.74, 6) is 0.119. The van der Waals surface area contributed by atoms with Gasteiger partial charge in [0.15, 0.2) is 5.96 Å². The second kappa shape index (κ2) is 4.13. The molecule has 0 bridgehead atoms. The van der Waals surface area contributed by atoms with Gasteiger partial charge >= 0.3 is 0 Å². The molecule has 6 nitrogen and oxygen atoms in total. The van der Waals surface area contributed by atoms with Crippen LogP contribution in [0.1, 0.15) is 18.3 Å². The van der Waals surface area contributed by atoms with Crippen molar-refractivity contribution in [3.8, 4) is 0 Å². The first-order valence-electron chi connectivity index (χ1n) is 5.27. The van der Waals surface area contributed by atoms with Gasteiger partial charge in [0.1, 0.15) is 0 Å². The summed E-state index contributed by atoms with van der Waals surface area (Å²) >= 11 is 0. The number of fused-ring (bicyclic) bond motifs is 1. The number of rotatable bonds is 2. The SMILES string of the molecule is COCc1cc2n(n1)C[C@H](C)N(C(=N)N)C2. The summed E-state index contributed by atoms with van der Waals surface area (Å²) in [6, 6.07) is 2.21. The number of hydrogen-bond acceptors (Lipinski definition) is 3. The third kappa shape index (κ3) is 1.88. The predicted molar refractivity (Wildman–Crippen MR) is 59.9 cm³/mol. The van der Waals surface area contributed by atoms with Crippen LogP contribution in [0.5, 0.6) is 0 Å². The first-order valence-corrected chi connectivity index (χ1v) is 5.27. The highest BCUT2D eigenvalue weighted by atomic mass is 16.5. The van der Waals surface area contributed by atoms with E-state index in [1.165, 1.54) is 0 Å². The number of aromatic nitrogens is 2. The van der Waals surface area contributed by atoms with Gasteiger partial charge in [-0.15, -0.1) is 0 Å². The van der Waals surface area contributed by atoms with Crippen LogP contribution in [-0.2, 0) is 24.4 Å². The summed E-state index contributed by atoms with van der Waals surface area (Å²) in [4.78, 5) is 1.87. The van der Waals surface area contributed by atoms with Crippen LogP contribution in [0, 0.1) is 5.41 Å². The lowest BCUT2D eigenvalue weighted by molar-refractivity contribution is 0.179. The molecular formula is C10H17N5O. The van der Waals surface area contributed by atoms with Crippen LogP contribution in [0.25, 0.3) is 0 Å². The molecule has 1 atom stereocenters. The number of guanidine groups is 1. The van der Waals surface area contributed by atoms with E-state index in [0.29, 0.717) is 13.2 Å². The summed E-state index contributed by atoms with van der Waals surface area (Å²) in [6.07, 6.45) is 0. The molecule has 3 N–H and O–H groups in total. The van der Waals surface area contributed by atoms with E-state index in [9.17, 15) is 0 Å². The van der Waals surface area contributed by atoms with Crippen molar-refractivity contribution in [3.63, 3.8) is 0 Å². The van der Waals surface area contributed by atoms with Crippen molar-refractivity contribution in [3.05, 3.63) is 17.5 Å². The smallest absolute Gasteiger partial charge is 0.189 e. The fourth-order valence-electron chi connectivity index (χ4n) is 2.02. The molecule has 0 radical (unpaired) electrons. The van der Waals surface area contributed by atoms with Gasteiger partial charge in [0.2, 0.25) is 0 Å². The molecule has 6 heteroatoms. The van der Waals surface area contributed by atoms with Crippen molar-refractivity contribution < 1.29 is 4.74 Å². The lowest BCUT2D eigenvalue weighted by Gasteiger charge is -2.34. The van der Waals surface area contributed by atoms with Gasteiger partial charge in [0.05, 0.1) is 31.1 Å². The number of hydrogen-bond donors (Lipinski definition) is 2. The molecule has 0 fully saturated rings. The number of nitrogens with zero attached hydrogens (tertiary/aromatic N) is 3. The molecule has 2 rings (SSSR count). The van der Waals surface area contributed by atoms with Gasteiger partial charge in [-0.25, -0.2) is 0 Å². The molecule has 0 saturated heterocycles. The van der Waals surface area contributed by atoms with Crippen molar-refractivity contribution >= 4 is 5.96 Å². The van der Waals surface area contributed by atoms with Crippen LogP contribution in [-0.4, -0.2) is 33.8 Å². The summed E-state index contributed by atoms with van der Waals surface area (Å²) in [6.45, 7) is 3.97. The highest BCUT2D eigenvalue weighted by Gasteiger charge is 2.24. The number of methoxy groups -OCH3 is 1. The molecular weight excluding hydrogens is 206 g/mol. The Kier molecular flexibility index (Phi) is 2.82. The molecule has 0 aliphatic carbocycles. The second-order valence-electron chi connectivity index (χ2n) is 4.10. The minimum absolute atomic E-state index is 0.119. The standard InChI is InChI=1S/C10H17N5O/c1-7-4-15-9(5-14(7)10(11)12)3-8(13-15)6-16-2/h3,7H,4-6H2,1-2H3,(H3,11,12)/t7-/m0/s1. The normalized spacial score (nSPS) is 19.6. The summed E-state index contributed by atoms with van der Waals surface area (Å²) in [7, 11) is 1.66. The van der Waals surface area contributed by atoms with Crippen LogP contribution in [0.4, 0.5) is 0 Å². The lowest BCUT2D eigenvalue weighted by atomic mass is 10.2. The second-order valence-corrected chi connectivity index (χ2v) is 4.10. The molecule has 2 heterocycles. The van der Waals surface area contributed by atoms with E-state index in [1.54, 1.807) is 7.11 Å². The molecule has 1 aromatic heterocycles. The highest BCUT2D eigenvalue weighted by Crippen LogP contribution is 2.17. The molecule has 0 spiro atoms. The van der Waals surface area contributed by atoms with Gasteiger partial charge in [-0.05, 0) is 13.0 Å². The van der Waals surface area contributed by atoms with E-state index >= 15 is 0 Å². The first-order chi connectivity index (χ1) is 7.61. The molecule has 0 aromatic carbocycles. The van der Waals surface area contributed by atoms with Crippen molar-refractivity contribution in [1.29, 1.82) is 5.41 Å². The predicted octanol–water partition coefficient (Wildman–Crippen LogP) is 0.127. The van der Waals surface area contributed by atoms with Gasteiger partial charge in [-0.3, -0.25) is 10.1 Å². The number of ether oxygens (including phenoxy) is 1. The minimum Gasteiger partial charge on any atom is -0.378 e. The fraction of sp³-hybridized carbons (Fsp3) is 0.600. The van der Waals surface area contributed by atoms with Gasteiger partial charge < -0.3 is 15.4 Å². The molecule has 88 valence electrons. The third-order valence-corrected chi connectivity index (χ3v) is 2.82. The van der Waals surface area contributed by atoms with Crippen LogP contribution < -0.4 is 5.73 Å². The Morgan fingerprint density at radius 2 is 2.50 bits per heavy atom. The maximum Gasteiger partial charge on any atom is 0.189 e. The van der Waals surface area contributed by atoms with Crippen LogP contribution in [0.2, 0.25) is 0 Å². The van der Waals surface area contributed by atoms with Crippen molar-refractivity contribution in [1.82, 2.24) is 14.7 Å². The molecule has 1 aromatic rings. The van der Waals surface area contributed by atoms with E-state index in [1.807, 2.05) is 22.6 Å². The molecule has 0 saturated carbocycles. The van der Waals surface area contributed by atoms with E-state index in [0.717, 1.165) is 17.9 Å². The average molecular weight is 223 g/mol. The van der Waals surface area contributed by atoms with Crippen molar-refractivity contribution in [2.45, 2.75) is 32.7 Å². The van der Waals surface area contributed by atoms with Crippen LogP contribution in [0.15, 0.2) is 6.07 Å². The maximum absolute atomic E-state index is 7.50. The molecule has 1 aliphatic heterocycles. The van der Waals surface area contributed by atoms with Crippen LogP contribution >= 0.6 is 0 Å². The van der Waals surface area contributed by atoms with Crippen LogP contribution in [0.3, 0.4) is 0 Å². The Balaban J connectivity index is 2.22.